The Hall–Kier alpha value is -1.75. The normalized spacial score (nSPS) is 15.8. The number of rotatable bonds is 3. The van der Waals surface area contributed by atoms with Gasteiger partial charge in [0.1, 0.15) is 5.75 Å². The summed E-state index contributed by atoms with van der Waals surface area (Å²) in [5, 5.41) is 9.53. The lowest BCUT2D eigenvalue weighted by atomic mass is 9.96. The highest BCUT2D eigenvalue weighted by molar-refractivity contribution is 6.32. The summed E-state index contributed by atoms with van der Waals surface area (Å²) in [6, 6.07) is 4.40. The van der Waals surface area contributed by atoms with Gasteiger partial charge in [-0.3, -0.25) is 9.59 Å². The van der Waals surface area contributed by atoms with Crippen LogP contribution in [0, 0.1) is 5.92 Å². The molecule has 0 saturated carbocycles. The van der Waals surface area contributed by atoms with E-state index in [1.54, 1.807) is 17.9 Å². The van der Waals surface area contributed by atoms with Crippen LogP contribution in [0.2, 0.25) is 5.02 Å². The minimum absolute atomic E-state index is 0.0470. The lowest BCUT2D eigenvalue weighted by molar-refractivity contribution is -0.149. The zero-order valence-corrected chi connectivity index (χ0v) is 12.6. The highest BCUT2D eigenvalue weighted by Gasteiger charge is 2.28. The van der Waals surface area contributed by atoms with Crippen molar-refractivity contribution in [2.45, 2.75) is 19.8 Å². The molecule has 1 aliphatic heterocycles. The van der Waals surface area contributed by atoms with Crippen LogP contribution in [0.5, 0.6) is 5.75 Å². The first kappa shape index (κ1) is 15.6. The Kier molecular flexibility index (Phi) is 5.07. The molecule has 5 nitrogen and oxygen atoms in total. The van der Waals surface area contributed by atoms with Crippen LogP contribution in [0.3, 0.4) is 0 Å². The zero-order chi connectivity index (χ0) is 15.4. The first-order valence-electron chi connectivity index (χ1n) is 6.97. The third-order valence-corrected chi connectivity index (χ3v) is 3.90. The number of ether oxygens (including phenoxy) is 1. The van der Waals surface area contributed by atoms with Crippen LogP contribution in [0.25, 0.3) is 0 Å². The molecule has 1 N–H and O–H groups in total. The maximum atomic E-state index is 12.3. The third kappa shape index (κ3) is 3.67. The molecule has 21 heavy (non-hydrogen) atoms. The van der Waals surface area contributed by atoms with Gasteiger partial charge in [-0.05, 0) is 38.0 Å². The fourth-order valence-corrected chi connectivity index (χ4v) is 2.58. The van der Waals surface area contributed by atoms with Gasteiger partial charge in [0.15, 0.2) is 0 Å². The quantitative estimate of drug-likeness (QED) is 0.871. The second-order valence-corrected chi connectivity index (χ2v) is 5.39. The Morgan fingerprint density at radius 2 is 2.05 bits per heavy atom. The van der Waals surface area contributed by atoms with Crippen LogP contribution in [-0.4, -0.2) is 41.6 Å². The Labute approximate surface area is 128 Å². The molecule has 0 atom stereocenters. The van der Waals surface area contributed by atoms with Crippen LogP contribution in [0.1, 0.15) is 30.1 Å². The van der Waals surface area contributed by atoms with Crippen molar-refractivity contribution in [3.05, 3.63) is 28.8 Å². The number of aromatic hydroxyl groups is 1. The number of phenolic OH excluding ortho intramolecular Hbond substituents is 1. The monoisotopic (exact) mass is 311 g/mol. The van der Waals surface area contributed by atoms with Crippen molar-refractivity contribution < 1.29 is 19.4 Å². The number of nitrogens with zero attached hydrogens (tertiary/aromatic N) is 1. The number of amides is 1. The van der Waals surface area contributed by atoms with Crippen LogP contribution < -0.4 is 0 Å². The van der Waals surface area contributed by atoms with Gasteiger partial charge < -0.3 is 14.7 Å². The lowest BCUT2D eigenvalue weighted by Crippen LogP contribution is -2.40. The smallest absolute Gasteiger partial charge is 0.309 e. The largest absolute Gasteiger partial charge is 0.506 e. The summed E-state index contributed by atoms with van der Waals surface area (Å²) in [5.41, 5.74) is 0.437. The fourth-order valence-electron chi connectivity index (χ4n) is 2.40. The molecule has 0 spiro atoms. The molecule has 1 fully saturated rings. The molecule has 1 aromatic rings. The van der Waals surface area contributed by atoms with Gasteiger partial charge in [-0.15, -0.1) is 0 Å². The van der Waals surface area contributed by atoms with E-state index < -0.39 is 0 Å². The van der Waals surface area contributed by atoms with Crippen molar-refractivity contribution in [1.82, 2.24) is 4.90 Å². The van der Waals surface area contributed by atoms with Crippen LogP contribution >= 0.6 is 11.6 Å². The van der Waals surface area contributed by atoms with Crippen LogP contribution in [0.15, 0.2) is 18.2 Å². The molecule has 2 rings (SSSR count). The van der Waals surface area contributed by atoms with Crippen molar-refractivity contribution in [1.29, 1.82) is 0 Å². The highest BCUT2D eigenvalue weighted by Crippen LogP contribution is 2.26. The van der Waals surface area contributed by atoms with Gasteiger partial charge in [0.2, 0.25) is 0 Å². The fraction of sp³-hybridized carbons (Fsp3) is 0.467. The van der Waals surface area contributed by atoms with E-state index in [0.717, 1.165) is 0 Å². The molecule has 0 aromatic heterocycles. The molecule has 114 valence electrons. The maximum absolute atomic E-state index is 12.3. The van der Waals surface area contributed by atoms with E-state index in [4.69, 9.17) is 16.3 Å². The van der Waals surface area contributed by atoms with Crippen LogP contribution in [0.4, 0.5) is 0 Å². The lowest BCUT2D eigenvalue weighted by Gasteiger charge is -2.31. The Morgan fingerprint density at radius 3 is 2.62 bits per heavy atom. The summed E-state index contributed by atoms with van der Waals surface area (Å²) in [6.07, 6.45) is 1.22. The average Bonchev–Trinajstić information content (AvgIpc) is 2.50. The third-order valence-electron chi connectivity index (χ3n) is 3.60. The predicted octanol–water partition coefficient (Wildman–Crippen LogP) is 2.46. The number of benzene rings is 1. The van der Waals surface area contributed by atoms with E-state index in [9.17, 15) is 14.7 Å². The van der Waals surface area contributed by atoms with Crippen molar-refractivity contribution in [3.63, 3.8) is 0 Å². The number of hydrogen-bond donors (Lipinski definition) is 1. The molecule has 6 heteroatoms. The topological polar surface area (TPSA) is 66.8 Å². The Balaban J connectivity index is 1.97. The van der Waals surface area contributed by atoms with Gasteiger partial charge in [-0.1, -0.05) is 11.6 Å². The summed E-state index contributed by atoms with van der Waals surface area (Å²) >= 11 is 5.81. The van der Waals surface area contributed by atoms with E-state index in [1.165, 1.54) is 12.1 Å². The summed E-state index contributed by atoms with van der Waals surface area (Å²) in [6.45, 7) is 3.19. The van der Waals surface area contributed by atoms with E-state index >= 15 is 0 Å². The molecular weight excluding hydrogens is 294 g/mol. The number of hydrogen-bond acceptors (Lipinski definition) is 4. The van der Waals surface area contributed by atoms with E-state index in [-0.39, 0.29) is 28.6 Å². The maximum Gasteiger partial charge on any atom is 0.309 e. The number of piperidine rings is 1. The molecule has 1 amide bonds. The van der Waals surface area contributed by atoms with E-state index in [2.05, 4.69) is 0 Å². The molecule has 1 aromatic carbocycles. The number of phenols is 1. The van der Waals surface area contributed by atoms with Crippen molar-refractivity contribution in [2.75, 3.05) is 19.7 Å². The first-order valence-corrected chi connectivity index (χ1v) is 7.35. The number of carbonyl (C=O) groups excluding carboxylic acids is 2. The number of esters is 1. The average molecular weight is 312 g/mol. The highest BCUT2D eigenvalue weighted by atomic mass is 35.5. The summed E-state index contributed by atoms with van der Waals surface area (Å²) in [5.74, 6) is -0.497. The molecular formula is C15H18ClNO4. The molecule has 1 aliphatic rings. The molecule has 1 heterocycles. The first-order chi connectivity index (χ1) is 10.0. The van der Waals surface area contributed by atoms with E-state index in [1.807, 2.05) is 0 Å². The van der Waals surface area contributed by atoms with Gasteiger partial charge in [-0.2, -0.15) is 0 Å². The molecule has 0 bridgehead atoms. The van der Waals surface area contributed by atoms with Crippen molar-refractivity contribution in [3.8, 4) is 5.75 Å². The Bertz CT molecular complexity index is 538. The SMILES string of the molecule is CCOC(=O)C1CCN(C(=O)c2ccc(O)c(Cl)c2)CC1. The molecule has 1 saturated heterocycles. The zero-order valence-electron chi connectivity index (χ0n) is 11.8. The minimum Gasteiger partial charge on any atom is -0.506 e. The van der Waals surface area contributed by atoms with Gasteiger partial charge >= 0.3 is 5.97 Å². The minimum atomic E-state index is -0.183. The van der Waals surface area contributed by atoms with Gasteiger partial charge in [0.05, 0.1) is 17.5 Å². The number of halogens is 1. The van der Waals surface area contributed by atoms with Crippen LogP contribution in [-0.2, 0) is 9.53 Å². The summed E-state index contributed by atoms with van der Waals surface area (Å²) < 4.78 is 5.00. The molecule has 0 aliphatic carbocycles. The molecule has 0 radical (unpaired) electrons. The van der Waals surface area contributed by atoms with E-state index in [0.29, 0.717) is 38.1 Å². The second-order valence-electron chi connectivity index (χ2n) is 4.98. The Morgan fingerprint density at radius 1 is 1.38 bits per heavy atom. The van der Waals surface area contributed by atoms with Gasteiger partial charge in [0.25, 0.3) is 5.91 Å². The number of carbonyl (C=O) groups is 2. The molecule has 0 unspecified atom stereocenters. The predicted molar refractivity (Wildman–Crippen MR) is 78.4 cm³/mol. The van der Waals surface area contributed by atoms with Crippen molar-refractivity contribution in [2.24, 2.45) is 5.92 Å². The van der Waals surface area contributed by atoms with Crippen molar-refractivity contribution >= 4 is 23.5 Å². The van der Waals surface area contributed by atoms with Gasteiger partial charge in [0, 0.05) is 18.7 Å². The number of likely N-dealkylation sites (tertiary alicyclic amines) is 1. The summed E-state index contributed by atoms with van der Waals surface area (Å²) in [4.78, 5) is 25.7. The summed E-state index contributed by atoms with van der Waals surface area (Å²) in [7, 11) is 0. The standard InChI is InChI=1S/C15H18ClNO4/c1-2-21-15(20)10-5-7-17(8-6-10)14(19)11-3-4-13(18)12(16)9-11/h3-4,9-10,18H,2,5-8H2,1H3. The van der Waals surface area contributed by atoms with Gasteiger partial charge in [-0.25, -0.2) is 0 Å². The second kappa shape index (κ2) is 6.80.